The molecule has 0 nitrogen and oxygen atoms in total. The summed E-state index contributed by atoms with van der Waals surface area (Å²) in [4.78, 5) is 0. The van der Waals surface area contributed by atoms with Gasteiger partial charge in [0.25, 0.3) is 0 Å². The SMILES string of the molecule is C#Cc1ccc(C#CC2CC2)cc1C. The number of terminal acetylenes is 1. The highest BCUT2D eigenvalue weighted by Gasteiger charge is 2.17. The summed E-state index contributed by atoms with van der Waals surface area (Å²) in [5, 5.41) is 0. The Labute approximate surface area is 85.3 Å². The quantitative estimate of drug-likeness (QED) is 0.538. The Balaban J connectivity index is 2.25. The molecule has 0 bridgehead atoms. The van der Waals surface area contributed by atoms with Crippen molar-refractivity contribution in [3.8, 4) is 24.2 Å². The maximum Gasteiger partial charge on any atom is 0.0272 e. The van der Waals surface area contributed by atoms with Gasteiger partial charge in [0.05, 0.1) is 0 Å². The first-order chi connectivity index (χ1) is 6.79. The van der Waals surface area contributed by atoms with Crippen molar-refractivity contribution in [2.24, 2.45) is 5.92 Å². The lowest BCUT2D eigenvalue weighted by Crippen LogP contribution is -1.83. The normalized spacial score (nSPS) is 14.0. The minimum absolute atomic E-state index is 0.655. The molecule has 0 unspecified atom stereocenters. The minimum Gasteiger partial charge on any atom is -0.115 e. The van der Waals surface area contributed by atoms with Crippen LogP contribution in [0.25, 0.3) is 0 Å². The van der Waals surface area contributed by atoms with E-state index in [0.717, 1.165) is 16.7 Å². The Bertz CT molecular complexity index is 445. The second kappa shape index (κ2) is 3.60. The fourth-order valence-corrected chi connectivity index (χ4v) is 1.32. The molecular formula is C14H12. The van der Waals surface area contributed by atoms with Crippen molar-refractivity contribution < 1.29 is 0 Å². The summed E-state index contributed by atoms with van der Waals surface area (Å²) in [5.74, 6) is 9.72. The molecule has 1 fully saturated rings. The van der Waals surface area contributed by atoms with E-state index in [-0.39, 0.29) is 0 Å². The Hall–Kier alpha value is -1.66. The molecular weight excluding hydrogens is 168 g/mol. The van der Waals surface area contributed by atoms with Gasteiger partial charge in [-0.15, -0.1) is 6.42 Å². The highest BCUT2D eigenvalue weighted by atomic mass is 14.2. The number of benzene rings is 1. The third-order valence-electron chi connectivity index (χ3n) is 2.38. The largest absolute Gasteiger partial charge is 0.115 e. The lowest BCUT2D eigenvalue weighted by atomic mass is 10.1. The number of hydrogen-bond acceptors (Lipinski definition) is 0. The van der Waals surface area contributed by atoms with Gasteiger partial charge < -0.3 is 0 Å². The van der Waals surface area contributed by atoms with Gasteiger partial charge >= 0.3 is 0 Å². The molecule has 1 aromatic carbocycles. The van der Waals surface area contributed by atoms with E-state index >= 15 is 0 Å². The van der Waals surface area contributed by atoms with Crippen molar-refractivity contribution in [2.75, 3.05) is 0 Å². The van der Waals surface area contributed by atoms with Crippen LogP contribution in [0.4, 0.5) is 0 Å². The molecule has 68 valence electrons. The van der Waals surface area contributed by atoms with E-state index in [4.69, 9.17) is 6.42 Å². The maximum atomic E-state index is 5.35. The Kier molecular flexibility index (Phi) is 2.30. The molecule has 1 saturated carbocycles. The van der Waals surface area contributed by atoms with E-state index in [0.29, 0.717) is 5.92 Å². The zero-order chi connectivity index (χ0) is 9.97. The number of rotatable bonds is 0. The van der Waals surface area contributed by atoms with Crippen LogP contribution < -0.4 is 0 Å². The van der Waals surface area contributed by atoms with E-state index in [2.05, 4.69) is 23.8 Å². The van der Waals surface area contributed by atoms with Crippen LogP contribution in [-0.4, -0.2) is 0 Å². The summed E-state index contributed by atoms with van der Waals surface area (Å²) in [5.41, 5.74) is 3.17. The van der Waals surface area contributed by atoms with Crippen molar-refractivity contribution in [3.05, 3.63) is 34.9 Å². The summed E-state index contributed by atoms with van der Waals surface area (Å²) >= 11 is 0. The van der Waals surface area contributed by atoms with Crippen LogP contribution in [0.5, 0.6) is 0 Å². The van der Waals surface area contributed by atoms with Gasteiger partial charge in [-0.2, -0.15) is 0 Å². The summed E-state index contributed by atoms with van der Waals surface area (Å²) < 4.78 is 0. The van der Waals surface area contributed by atoms with Crippen LogP contribution in [0.1, 0.15) is 29.5 Å². The molecule has 0 spiro atoms. The lowest BCUT2D eigenvalue weighted by Gasteiger charge is -1.97. The van der Waals surface area contributed by atoms with Gasteiger partial charge in [-0.25, -0.2) is 0 Å². The Morgan fingerprint density at radius 2 is 2.14 bits per heavy atom. The molecule has 0 radical (unpaired) electrons. The van der Waals surface area contributed by atoms with Crippen LogP contribution in [0.15, 0.2) is 18.2 Å². The number of hydrogen-bond donors (Lipinski definition) is 0. The summed E-state index contributed by atoms with van der Waals surface area (Å²) in [6.07, 6.45) is 7.89. The topological polar surface area (TPSA) is 0 Å². The molecule has 14 heavy (non-hydrogen) atoms. The standard InChI is InChI=1S/C14H12/c1-3-14-9-8-13(10-11(14)2)7-6-12-4-5-12/h1,8-10,12H,4-5H2,2H3. The third kappa shape index (κ3) is 1.98. The molecule has 0 heteroatoms. The van der Waals surface area contributed by atoms with E-state index in [1.807, 2.05) is 19.1 Å². The molecule has 0 aliphatic heterocycles. The predicted molar refractivity (Wildman–Crippen MR) is 58.7 cm³/mol. The van der Waals surface area contributed by atoms with Gasteiger partial charge in [0, 0.05) is 17.0 Å². The van der Waals surface area contributed by atoms with Crippen molar-refractivity contribution in [3.63, 3.8) is 0 Å². The molecule has 0 aromatic heterocycles. The van der Waals surface area contributed by atoms with Gasteiger partial charge in [0.1, 0.15) is 0 Å². The Morgan fingerprint density at radius 3 is 2.71 bits per heavy atom. The molecule has 1 aliphatic rings. The van der Waals surface area contributed by atoms with Crippen LogP contribution >= 0.6 is 0 Å². The Morgan fingerprint density at radius 1 is 1.36 bits per heavy atom. The molecule has 0 heterocycles. The van der Waals surface area contributed by atoms with Crippen LogP contribution in [0.3, 0.4) is 0 Å². The number of aryl methyl sites for hydroxylation is 1. The zero-order valence-corrected chi connectivity index (χ0v) is 8.30. The molecule has 2 rings (SSSR count). The molecule has 0 saturated heterocycles. The first-order valence-corrected chi connectivity index (χ1v) is 4.88. The lowest BCUT2D eigenvalue weighted by molar-refractivity contribution is 1.18. The zero-order valence-electron chi connectivity index (χ0n) is 8.30. The van der Waals surface area contributed by atoms with E-state index in [1.165, 1.54) is 12.8 Å². The van der Waals surface area contributed by atoms with Gasteiger partial charge in [-0.1, -0.05) is 17.8 Å². The molecule has 1 aromatic rings. The van der Waals surface area contributed by atoms with Crippen molar-refractivity contribution in [1.82, 2.24) is 0 Å². The fraction of sp³-hybridized carbons (Fsp3) is 0.286. The van der Waals surface area contributed by atoms with Crippen LogP contribution in [0.2, 0.25) is 0 Å². The smallest absolute Gasteiger partial charge is 0.0272 e. The van der Waals surface area contributed by atoms with Crippen molar-refractivity contribution in [1.29, 1.82) is 0 Å². The van der Waals surface area contributed by atoms with Crippen LogP contribution in [0, 0.1) is 37.0 Å². The van der Waals surface area contributed by atoms with Crippen molar-refractivity contribution in [2.45, 2.75) is 19.8 Å². The third-order valence-corrected chi connectivity index (χ3v) is 2.38. The summed E-state index contributed by atoms with van der Waals surface area (Å²) in [7, 11) is 0. The minimum atomic E-state index is 0.655. The second-order valence-corrected chi connectivity index (χ2v) is 3.72. The van der Waals surface area contributed by atoms with Gasteiger partial charge in [0.15, 0.2) is 0 Å². The van der Waals surface area contributed by atoms with E-state index in [1.54, 1.807) is 0 Å². The highest BCUT2D eigenvalue weighted by molar-refractivity contribution is 5.46. The van der Waals surface area contributed by atoms with Crippen molar-refractivity contribution >= 4 is 0 Å². The molecule has 0 atom stereocenters. The fourth-order valence-electron chi connectivity index (χ4n) is 1.32. The van der Waals surface area contributed by atoms with Crippen LogP contribution in [-0.2, 0) is 0 Å². The van der Waals surface area contributed by atoms with Gasteiger partial charge in [-0.3, -0.25) is 0 Å². The van der Waals surface area contributed by atoms with E-state index < -0.39 is 0 Å². The molecule has 0 amide bonds. The first-order valence-electron chi connectivity index (χ1n) is 4.88. The second-order valence-electron chi connectivity index (χ2n) is 3.72. The predicted octanol–water partition coefficient (Wildman–Crippen LogP) is 2.74. The molecule has 0 N–H and O–H groups in total. The molecule has 1 aliphatic carbocycles. The average Bonchev–Trinajstić information content (AvgIpc) is 2.98. The monoisotopic (exact) mass is 180 g/mol. The van der Waals surface area contributed by atoms with E-state index in [9.17, 15) is 0 Å². The first kappa shape index (κ1) is 8.92. The summed E-state index contributed by atoms with van der Waals surface area (Å²) in [6, 6.07) is 6.02. The maximum absolute atomic E-state index is 5.35. The summed E-state index contributed by atoms with van der Waals surface area (Å²) in [6.45, 7) is 2.03. The highest BCUT2D eigenvalue weighted by Crippen LogP contribution is 2.27. The average molecular weight is 180 g/mol. The van der Waals surface area contributed by atoms with Gasteiger partial charge in [-0.05, 0) is 43.5 Å². The van der Waals surface area contributed by atoms with Gasteiger partial charge in [0.2, 0.25) is 0 Å².